The fraction of sp³-hybridized carbons (Fsp3) is 0.235. The Morgan fingerprint density at radius 3 is 2.63 bits per heavy atom. The Morgan fingerprint density at radius 2 is 1.93 bits per heavy atom. The molecular weight excluding hydrogens is 372 g/mol. The van der Waals surface area contributed by atoms with Gasteiger partial charge >= 0.3 is 0 Å². The highest BCUT2D eigenvalue weighted by molar-refractivity contribution is 7.26. The number of pyridine rings is 1. The number of thiophene rings is 1. The van der Waals surface area contributed by atoms with Gasteiger partial charge in [-0.15, -0.1) is 16.4 Å². The first kappa shape index (κ1) is 16.2. The number of hydrogen-bond acceptors (Lipinski definition) is 6. The molecule has 0 saturated heterocycles. The first-order chi connectivity index (χ1) is 12.9. The molecule has 5 aromatic rings. The highest BCUT2D eigenvalue weighted by Crippen LogP contribution is 2.37. The van der Waals surface area contributed by atoms with Crippen molar-refractivity contribution in [2.45, 2.75) is 20.3 Å². The Balaban J connectivity index is 1.81. The molecule has 0 N–H and O–H groups in total. The predicted octanol–water partition coefficient (Wildman–Crippen LogP) is 3.84. The van der Waals surface area contributed by atoms with E-state index in [-0.39, 0.29) is 5.69 Å². The van der Waals surface area contributed by atoms with E-state index in [0.717, 1.165) is 27.0 Å². The molecule has 0 unspecified atom stereocenters. The molecular formula is C17H13F2N7S. The molecule has 10 heteroatoms. The van der Waals surface area contributed by atoms with Crippen molar-refractivity contribution >= 4 is 37.4 Å². The standard InChI is InChI=1S/C17H13F2N7S/c1-7-4-9(14(18)19)21-17-11(7)12-13(27-17)16-22-15(24-26(16)6-20-12)10-5-8(2)23-25(10)3/h4-6,14H,1-3H3. The third-order valence-corrected chi connectivity index (χ3v) is 5.51. The molecule has 0 aromatic carbocycles. The second kappa shape index (κ2) is 5.49. The van der Waals surface area contributed by atoms with Crippen LogP contribution in [0.15, 0.2) is 18.5 Å². The zero-order valence-electron chi connectivity index (χ0n) is 14.6. The lowest BCUT2D eigenvalue weighted by molar-refractivity contribution is 0.146. The van der Waals surface area contributed by atoms with Gasteiger partial charge in [0, 0.05) is 12.4 Å². The predicted molar refractivity (Wildman–Crippen MR) is 98.1 cm³/mol. The fourth-order valence-corrected chi connectivity index (χ4v) is 4.46. The van der Waals surface area contributed by atoms with Crippen molar-refractivity contribution < 1.29 is 8.78 Å². The average Bonchev–Trinajstić information content (AvgIpc) is 3.28. The first-order valence-corrected chi connectivity index (χ1v) is 8.98. The van der Waals surface area contributed by atoms with Crippen LogP contribution < -0.4 is 0 Å². The van der Waals surface area contributed by atoms with Crippen LogP contribution in [0.1, 0.15) is 23.4 Å². The third kappa shape index (κ3) is 2.33. The van der Waals surface area contributed by atoms with Crippen molar-refractivity contribution in [1.82, 2.24) is 34.3 Å². The van der Waals surface area contributed by atoms with Crippen LogP contribution in [-0.2, 0) is 7.05 Å². The summed E-state index contributed by atoms with van der Waals surface area (Å²) in [6.07, 6.45) is -1.02. The molecule has 136 valence electrons. The summed E-state index contributed by atoms with van der Waals surface area (Å²) in [7, 11) is 1.83. The second-order valence-corrected chi connectivity index (χ2v) is 7.37. The van der Waals surface area contributed by atoms with E-state index in [1.165, 1.54) is 17.4 Å². The molecule has 0 bridgehead atoms. The van der Waals surface area contributed by atoms with Crippen molar-refractivity contribution in [3.63, 3.8) is 0 Å². The van der Waals surface area contributed by atoms with Crippen LogP contribution in [-0.4, -0.2) is 34.3 Å². The van der Waals surface area contributed by atoms with Crippen LogP contribution in [0.5, 0.6) is 0 Å². The number of nitrogens with zero attached hydrogens (tertiary/aromatic N) is 7. The van der Waals surface area contributed by atoms with Crippen molar-refractivity contribution in [3.8, 4) is 11.5 Å². The largest absolute Gasteiger partial charge is 0.280 e. The summed E-state index contributed by atoms with van der Waals surface area (Å²) in [4.78, 5) is 13.8. The molecule has 5 rings (SSSR count). The minimum Gasteiger partial charge on any atom is -0.264 e. The molecule has 5 heterocycles. The molecule has 0 aliphatic carbocycles. The van der Waals surface area contributed by atoms with Gasteiger partial charge in [-0.25, -0.2) is 28.2 Å². The number of aromatic nitrogens is 7. The molecule has 0 radical (unpaired) electrons. The summed E-state index contributed by atoms with van der Waals surface area (Å²) in [6, 6.07) is 3.32. The topological polar surface area (TPSA) is 73.8 Å². The highest BCUT2D eigenvalue weighted by atomic mass is 32.1. The maximum atomic E-state index is 13.1. The Bertz CT molecular complexity index is 1350. The summed E-state index contributed by atoms with van der Waals surface area (Å²) in [5, 5.41) is 9.60. The van der Waals surface area contributed by atoms with Crippen molar-refractivity contribution in [2.75, 3.05) is 0 Å². The van der Waals surface area contributed by atoms with Crippen LogP contribution >= 0.6 is 11.3 Å². The lowest BCUT2D eigenvalue weighted by Crippen LogP contribution is -1.95. The fourth-order valence-electron chi connectivity index (χ4n) is 3.27. The van der Waals surface area contributed by atoms with Crippen LogP contribution in [0.2, 0.25) is 0 Å². The van der Waals surface area contributed by atoms with Crippen molar-refractivity contribution in [1.29, 1.82) is 0 Å². The van der Waals surface area contributed by atoms with E-state index in [9.17, 15) is 8.78 Å². The average molecular weight is 385 g/mol. The van der Waals surface area contributed by atoms with Gasteiger partial charge in [0.1, 0.15) is 27.2 Å². The minimum atomic E-state index is -2.61. The van der Waals surface area contributed by atoms with E-state index in [0.29, 0.717) is 21.8 Å². The monoisotopic (exact) mass is 385 g/mol. The van der Waals surface area contributed by atoms with E-state index in [4.69, 9.17) is 0 Å². The Labute approximate surface area is 155 Å². The van der Waals surface area contributed by atoms with E-state index >= 15 is 0 Å². The molecule has 5 aromatic heterocycles. The number of hydrogen-bond donors (Lipinski definition) is 0. The van der Waals surface area contributed by atoms with E-state index in [2.05, 4.69) is 25.1 Å². The van der Waals surface area contributed by atoms with Crippen LogP contribution in [0.3, 0.4) is 0 Å². The van der Waals surface area contributed by atoms with E-state index < -0.39 is 6.43 Å². The molecule has 0 saturated carbocycles. The zero-order chi connectivity index (χ0) is 18.9. The maximum absolute atomic E-state index is 13.1. The first-order valence-electron chi connectivity index (χ1n) is 8.16. The van der Waals surface area contributed by atoms with Crippen LogP contribution in [0, 0.1) is 13.8 Å². The number of halogens is 2. The van der Waals surface area contributed by atoms with Gasteiger partial charge in [0.05, 0.1) is 11.2 Å². The molecule has 0 spiro atoms. The van der Waals surface area contributed by atoms with Gasteiger partial charge in [-0.05, 0) is 31.5 Å². The SMILES string of the molecule is Cc1cc(-c2nc3c4sc5nc(C(F)F)cc(C)c5c4ncn3n2)n(C)n1. The van der Waals surface area contributed by atoms with Crippen molar-refractivity contribution in [2.24, 2.45) is 7.05 Å². The molecule has 0 atom stereocenters. The molecule has 27 heavy (non-hydrogen) atoms. The van der Waals surface area contributed by atoms with E-state index in [1.807, 2.05) is 20.0 Å². The zero-order valence-corrected chi connectivity index (χ0v) is 15.4. The lowest BCUT2D eigenvalue weighted by Gasteiger charge is -2.01. The molecule has 0 aliphatic heterocycles. The summed E-state index contributed by atoms with van der Waals surface area (Å²) >= 11 is 1.30. The van der Waals surface area contributed by atoms with Gasteiger partial charge in [-0.2, -0.15) is 5.10 Å². The van der Waals surface area contributed by atoms with Crippen LogP contribution in [0.25, 0.3) is 37.6 Å². The maximum Gasteiger partial charge on any atom is 0.280 e. The third-order valence-electron chi connectivity index (χ3n) is 4.44. The number of aryl methyl sites for hydroxylation is 3. The summed E-state index contributed by atoms with van der Waals surface area (Å²) in [5.41, 5.74) is 3.48. The normalized spacial score (nSPS) is 12.2. The summed E-state index contributed by atoms with van der Waals surface area (Å²) in [5.74, 6) is 0.530. The van der Waals surface area contributed by atoms with Gasteiger partial charge in [-0.1, -0.05) is 0 Å². The van der Waals surface area contributed by atoms with Gasteiger partial charge in [-0.3, -0.25) is 4.68 Å². The van der Waals surface area contributed by atoms with Gasteiger partial charge in [0.15, 0.2) is 5.65 Å². The summed E-state index contributed by atoms with van der Waals surface area (Å²) < 4.78 is 30.3. The van der Waals surface area contributed by atoms with Gasteiger partial charge in [0.2, 0.25) is 5.82 Å². The molecule has 0 aliphatic rings. The second-order valence-electron chi connectivity index (χ2n) is 6.37. The molecule has 7 nitrogen and oxygen atoms in total. The lowest BCUT2D eigenvalue weighted by atomic mass is 10.1. The van der Waals surface area contributed by atoms with Crippen molar-refractivity contribution in [3.05, 3.63) is 35.4 Å². The van der Waals surface area contributed by atoms with Gasteiger partial charge < -0.3 is 0 Å². The quantitative estimate of drug-likeness (QED) is 0.462. The summed E-state index contributed by atoms with van der Waals surface area (Å²) in [6.45, 7) is 3.70. The Hall–Kier alpha value is -3.01. The number of fused-ring (bicyclic) bond motifs is 5. The Kier molecular flexibility index (Phi) is 3.29. The number of rotatable bonds is 2. The highest BCUT2D eigenvalue weighted by Gasteiger charge is 2.20. The molecule has 0 fully saturated rings. The molecule has 0 amide bonds. The number of alkyl halides is 2. The van der Waals surface area contributed by atoms with Gasteiger partial charge in [0.25, 0.3) is 6.43 Å². The minimum absolute atomic E-state index is 0.227. The Morgan fingerprint density at radius 1 is 1.11 bits per heavy atom. The van der Waals surface area contributed by atoms with E-state index in [1.54, 1.807) is 22.4 Å². The van der Waals surface area contributed by atoms with Crippen LogP contribution in [0.4, 0.5) is 8.78 Å². The smallest absolute Gasteiger partial charge is 0.264 e.